The second kappa shape index (κ2) is 7.18. The first kappa shape index (κ1) is 17.2. The molecule has 7 nitrogen and oxygen atoms in total. The van der Waals surface area contributed by atoms with Gasteiger partial charge in [0, 0.05) is 44.0 Å². The molecule has 2 aromatic heterocycles. The third-order valence-electron chi connectivity index (χ3n) is 4.36. The van der Waals surface area contributed by atoms with Crippen LogP contribution in [0, 0.1) is 0 Å². The van der Waals surface area contributed by atoms with Crippen LogP contribution in [-0.4, -0.2) is 53.7 Å². The summed E-state index contributed by atoms with van der Waals surface area (Å²) in [4.78, 5) is 6.66. The van der Waals surface area contributed by atoms with Gasteiger partial charge in [-0.2, -0.15) is 9.40 Å². The number of hydrogen-bond donors (Lipinski definition) is 0. The number of hydrogen-bond acceptors (Lipinski definition) is 6. The summed E-state index contributed by atoms with van der Waals surface area (Å²) >= 11 is 1.57. The molecule has 26 heavy (non-hydrogen) atoms. The summed E-state index contributed by atoms with van der Waals surface area (Å²) in [5, 5.41) is 7.09. The molecule has 0 unspecified atom stereocenters. The van der Waals surface area contributed by atoms with E-state index >= 15 is 0 Å². The van der Waals surface area contributed by atoms with Crippen molar-refractivity contribution in [2.75, 3.05) is 31.1 Å². The predicted octanol–water partition coefficient (Wildman–Crippen LogP) is 1.90. The fourth-order valence-electron chi connectivity index (χ4n) is 2.98. The van der Waals surface area contributed by atoms with Gasteiger partial charge in [0.05, 0.1) is 12.7 Å². The first-order valence-corrected chi connectivity index (χ1v) is 10.7. The highest BCUT2D eigenvalue weighted by atomic mass is 32.2. The summed E-state index contributed by atoms with van der Waals surface area (Å²) in [5.41, 5.74) is 1.08. The van der Waals surface area contributed by atoms with Crippen LogP contribution >= 0.6 is 11.3 Å². The summed E-state index contributed by atoms with van der Waals surface area (Å²) in [5.74, 6) is 0. The molecule has 4 rings (SSSR count). The maximum absolute atomic E-state index is 12.9. The standard InChI is InChI=1S/C17H19N5O2S2/c23-26(24,22-9-7-20(8-10-22)17-18-6-11-25-17)16-12-19-21(14-16)13-15-4-2-1-3-5-15/h1-6,11-12,14H,7-10,13H2. The lowest BCUT2D eigenvalue weighted by atomic mass is 10.2. The highest BCUT2D eigenvalue weighted by molar-refractivity contribution is 7.89. The molecule has 0 aliphatic carbocycles. The monoisotopic (exact) mass is 389 g/mol. The minimum Gasteiger partial charge on any atom is -0.345 e. The average molecular weight is 390 g/mol. The van der Waals surface area contributed by atoms with Crippen molar-refractivity contribution in [3.8, 4) is 0 Å². The van der Waals surface area contributed by atoms with Crippen LogP contribution in [0.1, 0.15) is 5.56 Å². The third kappa shape index (κ3) is 3.50. The molecule has 136 valence electrons. The lowest BCUT2D eigenvalue weighted by Gasteiger charge is -2.33. The summed E-state index contributed by atoms with van der Waals surface area (Å²) in [7, 11) is -3.52. The number of nitrogens with zero attached hydrogens (tertiary/aromatic N) is 5. The molecule has 9 heteroatoms. The second-order valence-electron chi connectivity index (χ2n) is 6.07. The Hall–Kier alpha value is -2.23. The maximum Gasteiger partial charge on any atom is 0.246 e. The minimum atomic E-state index is -3.52. The Morgan fingerprint density at radius 1 is 1.08 bits per heavy atom. The molecule has 0 bridgehead atoms. The molecule has 0 radical (unpaired) electrons. The van der Waals surface area contributed by atoms with Gasteiger partial charge in [-0.15, -0.1) is 11.3 Å². The fourth-order valence-corrected chi connectivity index (χ4v) is 5.05. The molecule has 1 fully saturated rings. The number of thiazole rings is 1. The van der Waals surface area contributed by atoms with E-state index < -0.39 is 10.0 Å². The van der Waals surface area contributed by atoms with E-state index in [9.17, 15) is 8.42 Å². The van der Waals surface area contributed by atoms with Gasteiger partial charge in [-0.3, -0.25) is 4.68 Å². The van der Waals surface area contributed by atoms with Crippen LogP contribution in [-0.2, 0) is 16.6 Å². The number of anilines is 1. The first-order chi connectivity index (χ1) is 12.6. The van der Waals surface area contributed by atoms with Crippen molar-refractivity contribution >= 4 is 26.5 Å². The van der Waals surface area contributed by atoms with Gasteiger partial charge >= 0.3 is 0 Å². The highest BCUT2D eigenvalue weighted by Crippen LogP contribution is 2.22. The summed E-state index contributed by atoms with van der Waals surface area (Å²) in [6.07, 6.45) is 4.81. The van der Waals surface area contributed by atoms with Gasteiger partial charge in [0.15, 0.2) is 5.13 Å². The Balaban J connectivity index is 1.44. The van der Waals surface area contributed by atoms with Crippen LogP contribution in [0.4, 0.5) is 5.13 Å². The molecule has 1 aliphatic rings. The van der Waals surface area contributed by atoms with Crippen LogP contribution in [0.25, 0.3) is 0 Å². The van der Waals surface area contributed by atoms with Gasteiger partial charge in [-0.05, 0) is 5.56 Å². The van der Waals surface area contributed by atoms with Crippen molar-refractivity contribution in [3.05, 3.63) is 59.9 Å². The summed E-state index contributed by atoms with van der Waals surface area (Å²) < 4.78 is 29.0. The zero-order valence-electron chi connectivity index (χ0n) is 14.1. The molecule has 0 saturated carbocycles. The van der Waals surface area contributed by atoms with E-state index in [1.54, 1.807) is 28.4 Å². The van der Waals surface area contributed by atoms with E-state index in [-0.39, 0.29) is 4.90 Å². The molecule has 3 aromatic rings. The largest absolute Gasteiger partial charge is 0.345 e. The maximum atomic E-state index is 12.9. The molecule has 1 aromatic carbocycles. The van der Waals surface area contributed by atoms with Crippen molar-refractivity contribution in [2.45, 2.75) is 11.4 Å². The molecule has 1 saturated heterocycles. The zero-order valence-corrected chi connectivity index (χ0v) is 15.7. The van der Waals surface area contributed by atoms with Crippen molar-refractivity contribution in [3.63, 3.8) is 0 Å². The Morgan fingerprint density at radius 2 is 1.85 bits per heavy atom. The number of benzene rings is 1. The molecular weight excluding hydrogens is 370 g/mol. The van der Waals surface area contributed by atoms with Crippen molar-refractivity contribution in [2.24, 2.45) is 0 Å². The van der Waals surface area contributed by atoms with Gasteiger partial charge in [0.1, 0.15) is 4.90 Å². The highest BCUT2D eigenvalue weighted by Gasteiger charge is 2.30. The van der Waals surface area contributed by atoms with Crippen LogP contribution in [0.5, 0.6) is 0 Å². The van der Waals surface area contributed by atoms with Gasteiger partial charge in [-0.1, -0.05) is 30.3 Å². The first-order valence-electron chi connectivity index (χ1n) is 8.34. The van der Waals surface area contributed by atoms with Gasteiger partial charge in [0.25, 0.3) is 0 Å². The number of rotatable bonds is 5. The smallest absolute Gasteiger partial charge is 0.246 e. The van der Waals surface area contributed by atoms with Crippen molar-refractivity contribution in [1.29, 1.82) is 0 Å². The topological polar surface area (TPSA) is 71.3 Å². The Morgan fingerprint density at radius 3 is 2.54 bits per heavy atom. The van der Waals surface area contributed by atoms with Crippen molar-refractivity contribution in [1.82, 2.24) is 19.1 Å². The molecular formula is C17H19N5O2S2. The lowest BCUT2D eigenvalue weighted by Crippen LogP contribution is -2.48. The van der Waals surface area contributed by atoms with Crippen LogP contribution in [0.3, 0.4) is 0 Å². The van der Waals surface area contributed by atoms with Crippen LogP contribution in [0.2, 0.25) is 0 Å². The fraction of sp³-hybridized carbons (Fsp3) is 0.294. The van der Waals surface area contributed by atoms with E-state index in [0.29, 0.717) is 32.7 Å². The Bertz CT molecular complexity index is 946. The zero-order chi connectivity index (χ0) is 18.0. The van der Waals surface area contributed by atoms with E-state index in [1.807, 2.05) is 35.7 Å². The number of sulfonamides is 1. The average Bonchev–Trinajstić information content (AvgIpc) is 3.35. The predicted molar refractivity (Wildman–Crippen MR) is 101 cm³/mol. The quantitative estimate of drug-likeness (QED) is 0.666. The molecule has 0 spiro atoms. The molecule has 0 atom stereocenters. The third-order valence-corrected chi connectivity index (χ3v) is 7.05. The number of piperazine rings is 1. The molecule has 0 N–H and O–H groups in total. The molecule has 0 amide bonds. The Labute approximate surface area is 156 Å². The number of aromatic nitrogens is 3. The lowest BCUT2D eigenvalue weighted by molar-refractivity contribution is 0.384. The van der Waals surface area contributed by atoms with Crippen LogP contribution < -0.4 is 4.90 Å². The summed E-state index contributed by atoms with van der Waals surface area (Å²) in [6, 6.07) is 9.85. The minimum absolute atomic E-state index is 0.246. The van der Waals surface area contributed by atoms with E-state index in [0.717, 1.165) is 10.7 Å². The van der Waals surface area contributed by atoms with Gasteiger partial charge in [0.2, 0.25) is 10.0 Å². The van der Waals surface area contributed by atoms with E-state index in [2.05, 4.69) is 15.0 Å². The van der Waals surface area contributed by atoms with Crippen molar-refractivity contribution < 1.29 is 8.42 Å². The van der Waals surface area contributed by atoms with Crippen LogP contribution in [0.15, 0.2) is 59.2 Å². The molecule has 1 aliphatic heterocycles. The van der Waals surface area contributed by atoms with E-state index in [4.69, 9.17) is 0 Å². The molecule has 3 heterocycles. The van der Waals surface area contributed by atoms with Gasteiger partial charge in [-0.25, -0.2) is 13.4 Å². The van der Waals surface area contributed by atoms with Gasteiger partial charge < -0.3 is 4.90 Å². The SMILES string of the molecule is O=S(=O)(c1cnn(Cc2ccccc2)c1)N1CCN(c2nccs2)CC1. The second-order valence-corrected chi connectivity index (χ2v) is 8.88. The Kier molecular flexibility index (Phi) is 4.75. The summed E-state index contributed by atoms with van der Waals surface area (Å²) in [6.45, 7) is 2.74. The normalized spacial score (nSPS) is 16.1. The van der Waals surface area contributed by atoms with E-state index in [1.165, 1.54) is 10.5 Å².